The van der Waals surface area contributed by atoms with Gasteiger partial charge in [0.1, 0.15) is 0 Å². The number of amides is 2. The van der Waals surface area contributed by atoms with Gasteiger partial charge in [0, 0.05) is 19.6 Å². The van der Waals surface area contributed by atoms with Crippen molar-refractivity contribution in [2.24, 2.45) is 11.8 Å². The van der Waals surface area contributed by atoms with E-state index in [-0.39, 0.29) is 12.6 Å². The van der Waals surface area contributed by atoms with E-state index in [9.17, 15) is 9.59 Å². The molecule has 1 saturated carbocycles. The van der Waals surface area contributed by atoms with Crippen LogP contribution in [0.3, 0.4) is 0 Å². The molecule has 5 heteroatoms. The van der Waals surface area contributed by atoms with Crippen molar-refractivity contribution in [1.82, 2.24) is 10.2 Å². The minimum absolute atomic E-state index is 0.122. The molecule has 0 bridgehead atoms. The molecule has 1 aliphatic rings. The fraction of sp³-hybridized carbons (Fsp3) is 0.846. The minimum atomic E-state index is -0.845. The predicted molar refractivity (Wildman–Crippen MR) is 69.4 cm³/mol. The lowest BCUT2D eigenvalue weighted by molar-refractivity contribution is -0.141. The van der Waals surface area contributed by atoms with Gasteiger partial charge >= 0.3 is 12.0 Å². The Hall–Kier alpha value is -1.26. The summed E-state index contributed by atoms with van der Waals surface area (Å²) in [7, 11) is 0. The third kappa shape index (κ3) is 4.94. The molecule has 0 spiro atoms. The number of carboxylic acids is 1. The Labute approximate surface area is 109 Å². The Morgan fingerprint density at radius 1 is 1.39 bits per heavy atom. The zero-order valence-electron chi connectivity index (χ0n) is 11.3. The summed E-state index contributed by atoms with van der Waals surface area (Å²) >= 11 is 0. The maximum Gasteiger partial charge on any atom is 0.317 e. The van der Waals surface area contributed by atoms with E-state index < -0.39 is 11.9 Å². The van der Waals surface area contributed by atoms with Crippen molar-refractivity contribution >= 4 is 12.0 Å². The highest BCUT2D eigenvalue weighted by Crippen LogP contribution is 2.29. The molecule has 0 saturated heterocycles. The first-order chi connectivity index (χ1) is 8.58. The molecule has 2 amide bonds. The highest BCUT2D eigenvalue weighted by Gasteiger charge is 2.26. The van der Waals surface area contributed by atoms with Gasteiger partial charge in [0.2, 0.25) is 0 Å². The number of nitrogens with one attached hydrogen (secondary N) is 1. The van der Waals surface area contributed by atoms with Gasteiger partial charge < -0.3 is 15.3 Å². The highest BCUT2D eigenvalue weighted by atomic mass is 16.4. The summed E-state index contributed by atoms with van der Waals surface area (Å²) in [5.74, 6) is -0.677. The number of carboxylic acid groups (broad SMARTS) is 1. The number of carbonyl (C=O) groups is 2. The van der Waals surface area contributed by atoms with Crippen LogP contribution in [0.25, 0.3) is 0 Å². The maximum atomic E-state index is 12.0. The second kappa shape index (κ2) is 7.24. The molecule has 1 rings (SSSR count). The predicted octanol–water partition coefficient (Wildman–Crippen LogP) is 1.93. The second-order valence-corrected chi connectivity index (χ2v) is 5.02. The van der Waals surface area contributed by atoms with Crippen molar-refractivity contribution in [1.29, 1.82) is 0 Å². The summed E-state index contributed by atoms with van der Waals surface area (Å²) in [4.78, 5) is 24.6. The van der Waals surface area contributed by atoms with E-state index in [1.807, 2.05) is 18.7 Å². The van der Waals surface area contributed by atoms with Gasteiger partial charge in [0.05, 0.1) is 5.92 Å². The van der Waals surface area contributed by atoms with E-state index in [1.54, 1.807) is 0 Å². The van der Waals surface area contributed by atoms with Gasteiger partial charge in [-0.25, -0.2) is 4.79 Å². The van der Waals surface area contributed by atoms with Crippen molar-refractivity contribution in [2.75, 3.05) is 19.6 Å². The Morgan fingerprint density at radius 3 is 2.50 bits per heavy atom. The van der Waals surface area contributed by atoms with Gasteiger partial charge in [-0.2, -0.15) is 0 Å². The largest absolute Gasteiger partial charge is 0.481 e. The summed E-state index contributed by atoms with van der Waals surface area (Å²) in [5.41, 5.74) is 0. The van der Waals surface area contributed by atoms with E-state index in [0.29, 0.717) is 12.3 Å². The third-order valence-electron chi connectivity index (χ3n) is 3.30. The Bertz CT molecular complexity index is 290. The van der Waals surface area contributed by atoms with Crippen LogP contribution in [-0.4, -0.2) is 41.6 Å². The van der Waals surface area contributed by atoms with Gasteiger partial charge in [0.25, 0.3) is 0 Å². The van der Waals surface area contributed by atoms with Crippen LogP contribution in [0.2, 0.25) is 0 Å². The summed E-state index contributed by atoms with van der Waals surface area (Å²) < 4.78 is 0. The summed E-state index contributed by atoms with van der Waals surface area (Å²) in [6, 6.07) is -0.122. The smallest absolute Gasteiger partial charge is 0.317 e. The Balaban J connectivity index is 2.37. The molecule has 0 aromatic carbocycles. The lowest BCUT2D eigenvalue weighted by atomic mass is 10.1. The number of aliphatic carboxylic acids is 1. The molecule has 0 aromatic heterocycles. The van der Waals surface area contributed by atoms with Crippen LogP contribution >= 0.6 is 0 Å². The first-order valence-electron chi connectivity index (χ1n) is 6.84. The van der Waals surface area contributed by atoms with E-state index in [4.69, 9.17) is 5.11 Å². The van der Waals surface area contributed by atoms with Gasteiger partial charge in [0.15, 0.2) is 0 Å². The van der Waals surface area contributed by atoms with Crippen LogP contribution in [-0.2, 0) is 4.79 Å². The lowest BCUT2D eigenvalue weighted by Crippen LogP contribution is -2.44. The number of hydrogen-bond acceptors (Lipinski definition) is 2. The molecule has 0 aromatic rings. The fourth-order valence-electron chi connectivity index (χ4n) is 1.89. The Kier molecular flexibility index (Phi) is 5.95. The second-order valence-electron chi connectivity index (χ2n) is 5.02. The first-order valence-corrected chi connectivity index (χ1v) is 6.84. The average molecular weight is 256 g/mol. The summed E-state index contributed by atoms with van der Waals surface area (Å²) in [6.45, 7) is 5.63. The van der Waals surface area contributed by atoms with Crippen LogP contribution < -0.4 is 5.32 Å². The number of hydrogen-bond donors (Lipinski definition) is 2. The van der Waals surface area contributed by atoms with Crippen LogP contribution in [0.4, 0.5) is 4.79 Å². The SMILES string of the molecule is CCCN(CC1CC1)C(=O)NCC(CC)C(=O)O. The Morgan fingerprint density at radius 2 is 2.06 bits per heavy atom. The molecule has 0 radical (unpaired) electrons. The zero-order chi connectivity index (χ0) is 13.5. The molecular formula is C13H24N2O3. The van der Waals surface area contributed by atoms with E-state index in [2.05, 4.69) is 5.32 Å². The van der Waals surface area contributed by atoms with Crippen LogP contribution in [0.1, 0.15) is 39.5 Å². The zero-order valence-corrected chi connectivity index (χ0v) is 11.3. The average Bonchev–Trinajstić information content (AvgIpc) is 3.12. The monoisotopic (exact) mass is 256 g/mol. The molecule has 1 unspecified atom stereocenters. The topological polar surface area (TPSA) is 69.6 Å². The quantitative estimate of drug-likeness (QED) is 0.697. The first kappa shape index (κ1) is 14.8. The molecule has 5 nitrogen and oxygen atoms in total. The third-order valence-corrected chi connectivity index (χ3v) is 3.30. The minimum Gasteiger partial charge on any atom is -0.481 e. The van der Waals surface area contributed by atoms with Gasteiger partial charge in [-0.15, -0.1) is 0 Å². The number of rotatable bonds is 8. The van der Waals surface area contributed by atoms with Crippen molar-refractivity contribution in [2.45, 2.75) is 39.5 Å². The number of carbonyl (C=O) groups excluding carboxylic acids is 1. The van der Waals surface area contributed by atoms with Gasteiger partial charge in [-0.1, -0.05) is 13.8 Å². The molecule has 104 valence electrons. The number of nitrogens with zero attached hydrogens (tertiary/aromatic N) is 1. The summed E-state index contributed by atoms with van der Waals surface area (Å²) in [6.07, 6.45) is 3.88. The van der Waals surface area contributed by atoms with Crippen LogP contribution in [0.5, 0.6) is 0 Å². The molecule has 1 atom stereocenters. The van der Waals surface area contributed by atoms with Crippen molar-refractivity contribution < 1.29 is 14.7 Å². The van der Waals surface area contributed by atoms with Gasteiger partial charge in [-0.05, 0) is 31.6 Å². The summed E-state index contributed by atoms with van der Waals surface area (Å²) in [5, 5.41) is 11.7. The molecular weight excluding hydrogens is 232 g/mol. The number of urea groups is 1. The molecule has 18 heavy (non-hydrogen) atoms. The molecule has 0 aliphatic heterocycles. The molecule has 2 N–H and O–H groups in total. The van der Waals surface area contributed by atoms with Crippen molar-refractivity contribution in [3.8, 4) is 0 Å². The van der Waals surface area contributed by atoms with E-state index in [1.165, 1.54) is 12.8 Å². The fourth-order valence-corrected chi connectivity index (χ4v) is 1.89. The van der Waals surface area contributed by atoms with Crippen LogP contribution in [0.15, 0.2) is 0 Å². The van der Waals surface area contributed by atoms with Crippen molar-refractivity contribution in [3.63, 3.8) is 0 Å². The van der Waals surface area contributed by atoms with Crippen molar-refractivity contribution in [3.05, 3.63) is 0 Å². The lowest BCUT2D eigenvalue weighted by Gasteiger charge is -2.23. The van der Waals surface area contributed by atoms with E-state index in [0.717, 1.165) is 19.5 Å². The van der Waals surface area contributed by atoms with E-state index >= 15 is 0 Å². The maximum absolute atomic E-state index is 12.0. The molecule has 1 fully saturated rings. The van der Waals surface area contributed by atoms with Gasteiger partial charge in [-0.3, -0.25) is 4.79 Å². The standard InChI is InChI=1S/C13H24N2O3/c1-3-7-15(9-10-5-6-10)13(18)14-8-11(4-2)12(16)17/h10-11H,3-9H2,1-2H3,(H,14,18)(H,16,17). The molecule has 0 heterocycles. The van der Waals surface area contributed by atoms with Crippen LogP contribution in [0, 0.1) is 11.8 Å². The normalized spacial score (nSPS) is 16.1. The highest BCUT2D eigenvalue weighted by molar-refractivity contribution is 5.76. The molecule has 1 aliphatic carbocycles.